The molecule has 1 N–H and O–H groups in total. The first-order valence-corrected chi connectivity index (χ1v) is 10.7. The third kappa shape index (κ3) is 5.49. The number of carbonyl (C=O) groups excluding carboxylic acids is 1. The van der Waals surface area contributed by atoms with Crippen molar-refractivity contribution in [2.24, 2.45) is 0 Å². The molecular weight excluding hydrogens is 416 g/mol. The van der Waals surface area contributed by atoms with Crippen molar-refractivity contribution in [3.8, 4) is 22.1 Å². The summed E-state index contributed by atoms with van der Waals surface area (Å²) in [5, 5.41) is 8.16. The Morgan fingerprint density at radius 3 is 2.65 bits per heavy atom. The second-order valence-corrected chi connectivity index (χ2v) is 8.34. The topological polar surface area (TPSA) is 95.3 Å². The number of thiazole rings is 1. The van der Waals surface area contributed by atoms with E-state index in [0.717, 1.165) is 21.1 Å². The third-order valence-electron chi connectivity index (χ3n) is 4.62. The molecule has 1 amide bonds. The predicted molar refractivity (Wildman–Crippen MR) is 120 cm³/mol. The molecule has 0 aliphatic carbocycles. The maximum atomic E-state index is 12.4. The number of nitrogens with zero attached hydrogens (tertiary/aromatic N) is 3. The van der Waals surface area contributed by atoms with Crippen LogP contribution in [0.15, 0.2) is 35.1 Å². The summed E-state index contributed by atoms with van der Waals surface area (Å²) in [5.74, 6) is 0.776. The second-order valence-electron chi connectivity index (χ2n) is 7.13. The Labute approximate surface area is 184 Å². The highest BCUT2D eigenvalue weighted by Crippen LogP contribution is 2.29. The summed E-state index contributed by atoms with van der Waals surface area (Å²) in [6, 6.07) is 8.68. The van der Waals surface area contributed by atoms with Crippen LogP contribution in [0.2, 0.25) is 0 Å². The monoisotopic (exact) mass is 442 g/mol. The molecule has 0 radical (unpaired) electrons. The van der Waals surface area contributed by atoms with Gasteiger partial charge >= 0.3 is 0 Å². The van der Waals surface area contributed by atoms with E-state index in [0.29, 0.717) is 17.2 Å². The van der Waals surface area contributed by atoms with Gasteiger partial charge in [-0.25, -0.2) is 9.67 Å². The zero-order valence-corrected chi connectivity index (χ0v) is 19.1. The van der Waals surface area contributed by atoms with Crippen LogP contribution in [0.3, 0.4) is 0 Å². The lowest BCUT2D eigenvalue weighted by molar-refractivity contribution is -0.127. The fourth-order valence-corrected chi connectivity index (χ4v) is 3.93. The number of methoxy groups -OCH3 is 1. The Hall–Kier alpha value is -3.20. The Kier molecular flexibility index (Phi) is 7.06. The molecule has 0 spiro atoms. The van der Waals surface area contributed by atoms with Crippen LogP contribution in [-0.4, -0.2) is 40.4 Å². The molecule has 2 heterocycles. The molecule has 0 saturated carbocycles. The minimum atomic E-state index is -0.726. The molecule has 9 heteroatoms. The first-order chi connectivity index (χ1) is 14.8. The van der Waals surface area contributed by atoms with Gasteiger partial charge in [-0.15, -0.1) is 11.3 Å². The molecule has 0 aliphatic rings. The summed E-state index contributed by atoms with van der Waals surface area (Å²) >= 11 is 1.53. The SMILES string of the molecule is COc1cc(C)ccc1OC(C)C(=O)NCCn1nc(-c2sc(C)nc2C)ccc1=O. The van der Waals surface area contributed by atoms with Gasteiger partial charge in [-0.05, 0) is 51.5 Å². The van der Waals surface area contributed by atoms with Gasteiger partial charge in [0.15, 0.2) is 17.6 Å². The predicted octanol–water partition coefficient (Wildman–Crippen LogP) is 2.88. The summed E-state index contributed by atoms with van der Waals surface area (Å²) in [7, 11) is 1.56. The Balaban J connectivity index is 1.61. The van der Waals surface area contributed by atoms with Crippen LogP contribution < -0.4 is 20.3 Å². The average molecular weight is 443 g/mol. The van der Waals surface area contributed by atoms with Crippen LogP contribution >= 0.6 is 11.3 Å². The molecule has 31 heavy (non-hydrogen) atoms. The first-order valence-electron chi connectivity index (χ1n) is 9.90. The minimum Gasteiger partial charge on any atom is -0.493 e. The maximum absolute atomic E-state index is 12.4. The van der Waals surface area contributed by atoms with Gasteiger partial charge in [-0.3, -0.25) is 9.59 Å². The Morgan fingerprint density at radius 2 is 1.97 bits per heavy atom. The van der Waals surface area contributed by atoms with E-state index in [-0.39, 0.29) is 24.6 Å². The highest BCUT2D eigenvalue weighted by molar-refractivity contribution is 7.15. The highest BCUT2D eigenvalue weighted by atomic mass is 32.1. The number of aromatic nitrogens is 3. The van der Waals surface area contributed by atoms with E-state index in [9.17, 15) is 9.59 Å². The third-order valence-corrected chi connectivity index (χ3v) is 5.71. The number of hydrogen-bond acceptors (Lipinski definition) is 7. The van der Waals surface area contributed by atoms with E-state index in [4.69, 9.17) is 9.47 Å². The number of nitrogens with one attached hydrogen (secondary N) is 1. The van der Waals surface area contributed by atoms with Crippen LogP contribution in [0.25, 0.3) is 10.6 Å². The number of rotatable bonds is 8. The van der Waals surface area contributed by atoms with Crippen molar-refractivity contribution in [3.05, 3.63) is 57.0 Å². The van der Waals surface area contributed by atoms with Crippen molar-refractivity contribution in [1.29, 1.82) is 0 Å². The van der Waals surface area contributed by atoms with Gasteiger partial charge in [-0.1, -0.05) is 6.07 Å². The van der Waals surface area contributed by atoms with Gasteiger partial charge in [-0.2, -0.15) is 5.10 Å². The zero-order chi connectivity index (χ0) is 22.5. The van der Waals surface area contributed by atoms with Crippen LogP contribution in [0.1, 0.15) is 23.2 Å². The lowest BCUT2D eigenvalue weighted by atomic mass is 10.2. The summed E-state index contributed by atoms with van der Waals surface area (Å²) < 4.78 is 12.4. The number of carbonyl (C=O) groups is 1. The Morgan fingerprint density at radius 1 is 1.19 bits per heavy atom. The summed E-state index contributed by atoms with van der Waals surface area (Å²) in [5.41, 5.74) is 2.37. The molecule has 164 valence electrons. The molecule has 1 aromatic carbocycles. The van der Waals surface area contributed by atoms with E-state index >= 15 is 0 Å². The number of benzene rings is 1. The minimum absolute atomic E-state index is 0.231. The van der Waals surface area contributed by atoms with Gasteiger partial charge in [0.2, 0.25) is 0 Å². The number of aryl methyl sites for hydroxylation is 3. The Bertz CT molecular complexity index is 1140. The maximum Gasteiger partial charge on any atom is 0.266 e. The lowest BCUT2D eigenvalue weighted by Crippen LogP contribution is -2.39. The van der Waals surface area contributed by atoms with E-state index in [1.165, 1.54) is 22.1 Å². The first kappa shape index (κ1) is 22.5. The fourth-order valence-electron chi connectivity index (χ4n) is 3.04. The van der Waals surface area contributed by atoms with Crippen LogP contribution in [0, 0.1) is 20.8 Å². The summed E-state index contributed by atoms with van der Waals surface area (Å²) in [4.78, 5) is 30.0. The van der Waals surface area contributed by atoms with Crippen LogP contribution in [0.4, 0.5) is 0 Å². The van der Waals surface area contributed by atoms with E-state index < -0.39 is 6.10 Å². The van der Waals surface area contributed by atoms with Crippen molar-refractivity contribution in [2.75, 3.05) is 13.7 Å². The van der Waals surface area contributed by atoms with Gasteiger partial charge < -0.3 is 14.8 Å². The van der Waals surface area contributed by atoms with Crippen molar-refractivity contribution in [2.45, 2.75) is 40.3 Å². The molecule has 3 rings (SSSR count). The standard InChI is InChI=1S/C22H26N4O4S/c1-13-6-8-18(19(12-13)29-5)30-15(3)22(28)23-10-11-26-20(27)9-7-17(25-26)21-14(2)24-16(4)31-21/h6-9,12,15H,10-11H2,1-5H3,(H,23,28). The molecule has 1 atom stereocenters. The summed E-state index contributed by atoms with van der Waals surface area (Å²) in [6.07, 6.45) is -0.726. The molecule has 2 aromatic heterocycles. The lowest BCUT2D eigenvalue weighted by Gasteiger charge is -2.17. The molecule has 0 fully saturated rings. The smallest absolute Gasteiger partial charge is 0.266 e. The molecule has 3 aromatic rings. The number of hydrogen-bond donors (Lipinski definition) is 1. The van der Waals surface area contributed by atoms with Gasteiger partial charge in [0.1, 0.15) is 5.69 Å². The van der Waals surface area contributed by atoms with E-state index in [1.807, 2.05) is 32.9 Å². The van der Waals surface area contributed by atoms with E-state index in [1.54, 1.807) is 26.2 Å². The highest BCUT2D eigenvalue weighted by Gasteiger charge is 2.17. The molecule has 1 unspecified atom stereocenters. The quantitative estimate of drug-likeness (QED) is 0.576. The van der Waals surface area contributed by atoms with Gasteiger partial charge in [0.25, 0.3) is 11.5 Å². The normalized spacial score (nSPS) is 11.8. The van der Waals surface area contributed by atoms with Crippen molar-refractivity contribution in [3.63, 3.8) is 0 Å². The van der Waals surface area contributed by atoms with Crippen molar-refractivity contribution >= 4 is 17.2 Å². The van der Waals surface area contributed by atoms with Crippen LogP contribution in [0.5, 0.6) is 11.5 Å². The molecule has 0 bridgehead atoms. The summed E-state index contributed by atoms with van der Waals surface area (Å²) in [6.45, 7) is 7.95. The van der Waals surface area contributed by atoms with Gasteiger partial charge in [0, 0.05) is 12.6 Å². The zero-order valence-electron chi connectivity index (χ0n) is 18.3. The van der Waals surface area contributed by atoms with Crippen molar-refractivity contribution in [1.82, 2.24) is 20.1 Å². The van der Waals surface area contributed by atoms with Gasteiger partial charge in [0.05, 0.1) is 29.2 Å². The molecule has 8 nitrogen and oxygen atoms in total. The van der Waals surface area contributed by atoms with Crippen molar-refractivity contribution < 1.29 is 14.3 Å². The molecular formula is C22H26N4O4S. The fraction of sp³-hybridized carbons (Fsp3) is 0.364. The molecule has 0 saturated heterocycles. The second kappa shape index (κ2) is 9.74. The van der Waals surface area contributed by atoms with Crippen LogP contribution in [-0.2, 0) is 11.3 Å². The average Bonchev–Trinajstić information content (AvgIpc) is 3.08. The van der Waals surface area contributed by atoms with E-state index in [2.05, 4.69) is 15.4 Å². The number of ether oxygens (including phenoxy) is 2. The largest absolute Gasteiger partial charge is 0.493 e. The molecule has 0 aliphatic heterocycles. The number of amides is 1.